The largest absolute Gasteiger partial charge is 0.494 e. The molecule has 1 saturated heterocycles. The number of aromatic nitrogens is 1. The summed E-state index contributed by atoms with van der Waals surface area (Å²) in [5.41, 5.74) is 1.09. The minimum atomic E-state index is -0.525. The molecule has 0 bridgehead atoms. The van der Waals surface area contributed by atoms with Gasteiger partial charge in [-0.1, -0.05) is 29.0 Å². The third-order valence-electron chi connectivity index (χ3n) is 3.98. The van der Waals surface area contributed by atoms with Gasteiger partial charge in [-0.15, -0.1) is 11.8 Å². The van der Waals surface area contributed by atoms with Crippen molar-refractivity contribution in [2.45, 2.75) is 12.3 Å². The minimum Gasteiger partial charge on any atom is -0.494 e. The third kappa shape index (κ3) is 3.04. The van der Waals surface area contributed by atoms with E-state index >= 15 is 0 Å². The van der Waals surface area contributed by atoms with E-state index < -0.39 is 11.2 Å². The second-order valence-corrected chi connectivity index (χ2v) is 8.11. The Morgan fingerprint density at radius 1 is 1.38 bits per heavy atom. The molecule has 26 heavy (non-hydrogen) atoms. The van der Waals surface area contributed by atoms with Gasteiger partial charge in [0.2, 0.25) is 5.91 Å². The number of amides is 1. The fraction of sp³-hybridized carbons (Fsp3) is 0.222. The summed E-state index contributed by atoms with van der Waals surface area (Å²) in [5, 5.41) is 0.318. The molecule has 1 amide bonds. The molecular weight excluding hydrogens is 395 g/mol. The molecule has 2 heterocycles. The Morgan fingerprint density at radius 2 is 2.23 bits per heavy atom. The zero-order chi connectivity index (χ0) is 18.3. The van der Waals surface area contributed by atoms with Crippen LogP contribution in [0.2, 0.25) is 5.02 Å². The van der Waals surface area contributed by atoms with Gasteiger partial charge in [-0.2, -0.15) is 0 Å². The molecule has 4 rings (SSSR count). The van der Waals surface area contributed by atoms with Crippen LogP contribution in [-0.2, 0) is 4.79 Å². The standard InChI is InChI=1S/C18H14ClFN2O2S2/c1-2-24-10-6-7-13-14(8-10)26-18(21-13)22-15(23)9-25-17(22)16-11(19)4-3-5-12(16)20/h3-8,17H,2,9H2,1H3. The maximum Gasteiger partial charge on any atom is 0.240 e. The van der Waals surface area contributed by atoms with E-state index in [1.807, 2.05) is 25.1 Å². The fourth-order valence-electron chi connectivity index (χ4n) is 2.84. The van der Waals surface area contributed by atoms with Gasteiger partial charge in [-0.05, 0) is 37.3 Å². The van der Waals surface area contributed by atoms with Gasteiger partial charge >= 0.3 is 0 Å². The number of rotatable bonds is 4. The molecule has 1 aliphatic rings. The van der Waals surface area contributed by atoms with Gasteiger partial charge in [-0.25, -0.2) is 9.37 Å². The molecule has 3 aromatic rings. The zero-order valence-corrected chi connectivity index (χ0v) is 16.1. The monoisotopic (exact) mass is 408 g/mol. The number of carbonyl (C=O) groups is 1. The van der Waals surface area contributed by atoms with Crippen molar-refractivity contribution in [2.24, 2.45) is 0 Å². The first-order valence-corrected chi connectivity index (χ1v) is 10.2. The Hall–Kier alpha value is -1.83. The smallest absolute Gasteiger partial charge is 0.240 e. The molecule has 0 saturated carbocycles. The van der Waals surface area contributed by atoms with E-state index in [4.69, 9.17) is 16.3 Å². The molecule has 4 nitrogen and oxygen atoms in total. The van der Waals surface area contributed by atoms with Crippen LogP contribution in [0.4, 0.5) is 9.52 Å². The number of hydrogen-bond donors (Lipinski definition) is 0. The number of anilines is 1. The van der Waals surface area contributed by atoms with Crippen LogP contribution in [0.1, 0.15) is 17.9 Å². The number of thiazole rings is 1. The number of carbonyl (C=O) groups excluding carboxylic acids is 1. The number of fused-ring (bicyclic) bond motifs is 1. The Morgan fingerprint density at radius 3 is 3.00 bits per heavy atom. The first kappa shape index (κ1) is 17.6. The van der Waals surface area contributed by atoms with Crippen molar-refractivity contribution < 1.29 is 13.9 Å². The van der Waals surface area contributed by atoms with Gasteiger partial charge in [0.05, 0.1) is 22.6 Å². The van der Waals surface area contributed by atoms with Crippen molar-refractivity contribution in [3.05, 3.63) is 52.8 Å². The lowest BCUT2D eigenvalue weighted by molar-refractivity contribution is -0.115. The predicted molar refractivity (Wildman–Crippen MR) is 105 cm³/mol. The highest BCUT2D eigenvalue weighted by Crippen LogP contribution is 2.46. The van der Waals surface area contributed by atoms with Gasteiger partial charge in [0.1, 0.15) is 16.9 Å². The van der Waals surface area contributed by atoms with Crippen LogP contribution in [0.25, 0.3) is 10.2 Å². The lowest BCUT2D eigenvalue weighted by Crippen LogP contribution is -2.28. The first-order chi connectivity index (χ1) is 12.6. The second kappa shape index (κ2) is 7.06. The van der Waals surface area contributed by atoms with Crippen molar-refractivity contribution >= 4 is 56.0 Å². The first-order valence-electron chi connectivity index (χ1n) is 7.99. The molecule has 0 aliphatic carbocycles. The van der Waals surface area contributed by atoms with Gasteiger partial charge in [0, 0.05) is 10.6 Å². The molecule has 1 aliphatic heterocycles. The summed E-state index contributed by atoms with van der Waals surface area (Å²) in [4.78, 5) is 18.6. The third-order valence-corrected chi connectivity index (χ3v) is 6.50. The zero-order valence-electron chi connectivity index (χ0n) is 13.7. The molecule has 134 valence electrons. The number of nitrogens with zero attached hydrogens (tertiary/aromatic N) is 2. The molecule has 1 aromatic heterocycles. The van der Waals surface area contributed by atoms with Crippen molar-refractivity contribution in [3.63, 3.8) is 0 Å². The number of ether oxygens (including phenoxy) is 1. The quantitative estimate of drug-likeness (QED) is 0.590. The van der Waals surface area contributed by atoms with Crippen LogP contribution >= 0.6 is 34.7 Å². The SMILES string of the molecule is CCOc1ccc2nc(N3C(=O)CSC3c3c(F)cccc3Cl)sc2c1. The Labute approximate surface area is 162 Å². The van der Waals surface area contributed by atoms with Crippen molar-refractivity contribution in [3.8, 4) is 5.75 Å². The van der Waals surface area contributed by atoms with Crippen molar-refractivity contribution in [1.29, 1.82) is 0 Å². The average Bonchev–Trinajstić information content (AvgIpc) is 3.18. The Balaban J connectivity index is 1.77. The van der Waals surface area contributed by atoms with Gasteiger partial charge in [0.25, 0.3) is 0 Å². The van der Waals surface area contributed by atoms with E-state index in [0.29, 0.717) is 22.3 Å². The van der Waals surface area contributed by atoms with Gasteiger partial charge < -0.3 is 4.74 Å². The highest BCUT2D eigenvalue weighted by molar-refractivity contribution is 8.00. The van der Waals surface area contributed by atoms with Crippen LogP contribution in [-0.4, -0.2) is 23.3 Å². The molecule has 2 aromatic carbocycles. The molecular formula is C18H14ClFN2O2S2. The summed E-state index contributed by atoms with van der Waals surface area (Å²) < 4.78 is 20.8. The summed E-state index contributed by atoms with van der Waals surface area (Å²) in [7, 11) is 0. The summed E-state index contributed by atoms with van der Waals surface area (Å²) in [6.45, 7) is 2.50. The Kier molecular flexibility index (Phi) is 4.77. The maximum atomic E-state index is 14.4. The highest BCUT2D eigenvalue weighted by Gasteiger charge is 2.38. The lowest BCUT2D eigenvalue weighted by Gasteiger charge is -2.22. The lowest BCUT2D eigenvalue weighted by atomic mass is 10.2. The van der Waals surface area contributed by atoms with E-state index in [2.05, 4.69) is 4.98 Å². The summed E-state index contributed by atoms with van der Waals surface area (Å²) in [6, 6.07) is 10.2. The molecule has 0 radical (unpaired) electrons. The molecule has 1 unspecified atom stereocenters. The summed E-state index contributed by atoms with van der Waals surface area (Å²) in [5.74, 6) is 0.485. The van der Waals surface area contributed by atoms with E-state index in [1.54, 1.807) is 17.0 Å². The fourth-order valence-corrected chi connectivity index (χ4v) is 5.49. The van der Waals surface area contributed by atoms with Crippen molar-refractivity contribution in [1.82, 2.24) is 4.98 Å². The average molecular weight is 409 g/mol. The van der Waals surface area contributed by atoms with Crippen LogP contribution in [0.5, 0.6) is 5.75 Å². The van der Waals surface area contributed by atoms with E-state index in [9.17, 15) is 9.18 Å². The highest BCUT2D eigenvalue weighted by atomic mass is 35.5. The molecule has 0 spiro atoms. The predicted octanol–water partition coefficient (Wildman–Crippen LogP) is 5.27. The van der Waals surface area contributed by atoms with E-state index in [0.717, 1.165) is 16.0 Å². The second-order valence-electron chi connectivity index (χ2n) is 5.62. The number of thioether (sulfide) groups is 1. The molecule has 8 heteroatoms. The Bertz CT molecular complexity index is 974. The van der Waals surface area contributed by atoms with E-state index in [1.165, 1.54) is 29.2 Å². The van der Waals surface area contributed by atoms with E-state index in [-0.39, 0.29) is 11.7 Å². The number of benzene rings is 2. The minimum absolute atomic E-state index is 0.108. The van der Waals surface area contributed by atoms with Crippen LogP contribution in [0.3, 0.4) is 0 Å². The molecule has 1 atom stereocenters. The number of halogens is 2. The summed E-state index contributed by atoms with van der Waals surface area (Å²) in [6.07, 6.45) is 0. The van der Waals surface area contributed by atoms with Crippen LogP contribution < -0.4 is 9.64 Å². The normalized spacial score (nSPS) is 17.3. The number of hydrogen-bond acceptors (Lipinski definition) is 5. The van der Waals surface area contributed by atoms with Crippen LogP contribution in [0, 0.1) is 5.82 Å². The van der Waals surface area contributed by atoms with Gasteiger partial charge in [-0.3, -0.25) is 9.69 Å². The van der Waals surface area contributed by atoms with Gasteiger partial charge in [0.15, 0.2) is 5.13 Å². The van der Waals surface area contributed by atoms with Crippen LogP contribution in [0.15, 0.2) is 36.4 Å². The summed E-state index contributed by atoms with van der Waals surface area (Å²) >= 11 is 8.95. The molecule has 1 fully saturated rings. The topological polar surface area (TPSA) is 42.4 Å². The molecule has 0 N–H and O–H groups in total. The van der Waals surface area contributed by atoms with Crippen molar-refractivity contribution in [2.75, 3.05) is 17.3 Å². The maximum absolute atomic E-state index is 14.4.